The summed E-state index contributed by atoms with van der Waals surface area (Å²) in [6.45, 7) is 1.71. The van der Waals surface area contributed by atoms with E-state index in [0.29, 0.717) is 25.7 Å². The minimum absolute atomic E-state index is 0.0576. The number of rotatable bonds is 39. The van der Waals surface area contributed by atoms with Crippen LogP contribution in [0.4, 0.5) is 5.82 Å². The zero-order chi connectivity index (χ0) is 53.6. The maximum absolute atomic E-state index is 12.8. The number of aromatic nitrogens is 2. The standard InChI is InChI=1S/C52H79N3O16P2/c1-3-5-7-8-9-10-11-12-13-14-15-16-17-18-19-22-26-29-33-37-48(58)69-44(40-66-47(57)36-32-28-25-23-20-21-24-27-31-35-43(56)34-30-6-4-2)41-67-72(62,63)71-73(64,65)68-42-45-49(59)50(60)51(70-45)55-39-38-46(53)54-52(55)61/h5-7,9-10,12-13,15-16,18-19,24,26-27,29-31,35,38-39,43-45,49-51,56,59-60H,3-4,8,11,14,17,20-23,25,28,32-34,36-37,40-42H2,1-2H3,(H,62,63)(H,64,65)(H2,53,54,61)/b7-5-,10-9-,13-12-,16-15-,19-18-,27-24+,29-26-,30-6+,35-31+/t43?,44-,45-,49-,50-,51-/m1/s1. The highest BCUT2D eigenvalue weighted by molar-refractivity contribution is 7.61. The highest BCUT2D eigenvalue weighted by Gasteiger charge is 2.46. The van der Waals surface area contributed by atoms with E-state index >= 15 is 0 Å². The predicted octanol–water partition coefficient (Wildman–Crippen LogP) is 9.19. The average molecular weight is 1060 g/mol. The number of anilines is 1. The number of aliphatic hydroxyl groups is 3. The normalized spacial score (nSPS) is 20.3. The molecule has 1 aromatic rings. The minimum Gasteiger partial charge on any atom is -0.462 e. The van der Waals surface area contributed by atoms with Crippen LogP contribution in [-0.4, -0.2) is 96.9 Å². The summed E-state index contributed by atoms with van der Waals surface area (Å²) in [6.07, 6.45) is 40.9. The Labute approximate surface area is 430 Å². The number of carbonyl (C=O) groups is 2. The fourth-order valence-electron chi connectivity index (χ4n) is 6.61. The van der Waals surface area contributed by atoms with E-state index < -0.39 is 89.8 Å². The van der Waals surface area contributed by atoms with Crippen molar-refractivity contribution in [3.8, 4) is 0 Å². The summed E-state index contributed by atoms with van der Waals surface area (Å²) < 4.78 is 56.6. The number of hydrogen-bond donors (Lipinski definition) is 6. The van der Waals surface area contributed by atoms with Crippen molar-refractivity contribution >= 4 is 33.4 Å². The lowest BCUT2D eigenvalue weighted by Gasteiger charge is -2.21. The highest BCUT2D eigenvalue weighted by Crippen LogP contribution is 2.60. The second kappa shape index (κ2) is 38.9. The number of phosphoric acid groups is 2. The zero-order valence-corrected chi connectivity index (χ0v) is 44.0. The molecule has 7 N–H and O–H groups in total. The molecule has 2 heterocycles. The maximum Gasteiger partial charge on any atom is 0.481 e. The number of allylic oxidation sites excluding steroid dienone is 16. The molecule has 1 aliphatic heterocycles. The Bertz CT molecular complexity index is 2170. The monoisotopic (exact) mass is 1060 g/mol. The SMILES string of the molecule is CC/C=C\C/C=C\C/C=C\C/C=C\C/C=C\C/C=C\CCC(=O)O[C@H](COC(=O)CCCCCCC/C=C/C=C/C(O)C/C=C/CC)COP(=O)(O)OP(=O)(O)OC[C@H]1O[C@@H](n2ccc(N)nc2=O)[C@H](O)[C@@H]1O. The molecule has 73 heavy (non-hydrogen) atoms. The molecule has 19 nitrogen and oxygen atoms in total. The fourth-order valence-corrected chi connectivity index (χ4v) is 8.72. The van der Waals surface area contributed by atoms with Crippen LogP contribution in [0.2, 0.25) is 0 Å². The van der Waals surface area contributed by atoms with Crippen molar-refractivity contribution in [1.29, 1.82) is 0 Å². The van der Waals surface area contributed by atoms with Crippen LogP contribution in [0.5, 0.6) is 0 Å². The summed E-state index contributed by atoms with van der Waals surface area (Å²) in [7, 11) is -10.9. The van der Waals surface area contributed by atoms with Crippen LogP contribution >= 0.6 is 15.6 Å². The van der Waals surface area contributed by atoms with Gasteiger partial charge in [0, 0.05) is 19.0 Å². The van der Waals surface area contributed by atoms with Crippen LogP contribution in [0.15, 0.2) is 126 Å². The molecular weight excluding hydrogens is 985 g/mol. The molecule has 0 aliphatic carbocycles. The number of phosphoric ester groups is 2. The quantitative estimate of drug-likeness (QED) is 0.0118. The largest absolute Gasteiger partial charge is 0.481 e. The molecule has 2 rings (SSSR count). The van der Waals surface area contributed by atoms with Gasteiger partial charge in [0.1, 0.15) is 30.7 Å². The van der Waals surface area contributed by atoms with Gasteiger partial charge < -0.3 is 45.1 Å². The molecule has 1 saturated heterocycles. The molecular formula is C52H79N3O16P2. The lowest BCUT2D eigenvalue weighted by Crippen LogP contribution is -2.36. The third-order valence-corrected chi connectivity index (χ3v) is 13.0. The van der Waals surface area contributed by atoms with Crippen molar-refractivity contribution in [1.82, 2.24) is 9.55 Å². The summed E-state index contributed by atoms with van der Waals surface area (Å²) in [5, 5.41) is 30.8. The van der Waals surface area contributed by atoms with Crippen LogP contribution in [0, 0.1) is 0 Å². The van der Waals surface area contributed by atoms with Crippen LogP contribution in [-0.2, 0) is 46.3 Å². The Morgan fingerprint density at radius 2 is 1.30 bits per heavy atom. The molecule has 0 amide bonds. The molecule has 0 radical (unpaired) electrons. The first-order valence-electron chi connectivity index (χ1n) is 25.0. The lowest BCUT2D eigenvalue weighted by molar-refractivity contribution is -0.161. The topological polar surface area (TPSA) is 286 Å². The summed E-state index contributed by atoms with van der Waals surface area (Å²) in [5.41, 5.74) is 4.57. The number of hydrogen-bond acceptors (Lipinski definition) is 16. The van der Waals surface area contributed by atoms with Gasteiger partial charge in [-0.2, -0.15) is 9.29 Å². The first-order chi connectivity index (χ1) is 35.1. The van der Waals surface area contributed by atoms with Gasteiger partial charge in [0.05, 0.1) is 19.3 Å². The maximum atomic E-state index is 12.8. The highest BCUT2D eigenvalue weighted by atomic mass is 31.3. The van der Waals surface area contributed by atoms with E-state index in [1.54, 1.807) is 12.2 Å². The van der Waals surface area contributed by atoms with Gasteiger partial charge >= 0.3 is 33.3 Å². The summed E-state index contributed by atoms with van der Waals surface area (Å²) in [5.74, 6) is -1.47. The third-order valence-electron chi connectivity index (χ3n) is 10.4. The number of nitrogens with two attached hydrogens (primary N) is 1. The molecule has 0 saturated carbocycles. The Balaban J connectivity index is 1.86. The first-order valence-corrected chi connectivity index (χ1v) is 28.0. The van der Waals surface area contributed by atoms with Gasteiger partial charge in [0.2, 0.25) is 0 Å². The van der Waals surface area contributed by atoms with Gasteiger partial charge in [0.15, 0.2) is 12.3 Å². The van der Waals surface area contributed by atoms with Crippen molar-refractivity contribution in [2.75, 3.05) is 25.6 Å². The third kappa shape index (κ3) is 31.7. The van der Waals surface area contributed by atoms with E-state index in [1.807, 2.05) is 55.5 Å². The van der Waals surface area contributed by atoms with Crippen LogP contribution in [0.25, 0.3) is 0 Å². The molecule has 1 aromatic heterocycles. The van der Waals surface area contributed by atoms with E-state index in [-0.39, 0.29) is 18.7 Å². The van der Waals surface area contributed by atoms with E-state index in [9.17, 15) is 48.6 Å². The van der Waals surface area contributed by atoms with E-state index in [2.05, 4.69) is 64.8 Å². The van der Waals surface area contributed by atoms with Crippen molar-refractivity contribution in [3.63, 3.8) is 0 Å². The Morgan fingerprint density at radius 1 is 0.726 bits per heavy atom. The van der Waals surface area contributed by atoms with Crippen molar-refractivity contribution < 1.29 is 71.4 Å². The Hall–Kier alpha value is -4.62. The average Bonchev–Trinajstić information content (AvgIpc) is 3.62. The van der Waals surface area contributed by atoms with Crippen molar-refractivity contribution in [3.05, 3.63) is 132 Å². The Kier molecular flexibility index (Phi) is 34.4. The fraction of sp³-hybridized carbons (Fsp3) is 0.538. The number of nitrogens with zero attached hydrogens (tertiary/aromatic N) is 2. The second-order valence-electron chi connectivity index (χ2n) is 16.7. The number of aliphatic hydroxyl groups excluding tert-OH is 3. The molecule has 21 heteroatoms. The summed E-state index contributed by atoms with van der Waals surface area (Å²) >= 11 is 0. The summed E-state index contributed by atoms with van der Waals surface area (Å²) in [6, 6.07) is 1.24. The van der Waals surface area contributed by atoms with E-state index in [4.69, 9.17) is 29.0 Å². The summed E-state index contributed by atoms with van der Waals surface area (Å²) in [4.78, 5) is 61.9. The van der Waals surface area contributed by atoms with Gasteiger partial charge in [0.25, 0.3) is 0 Å². The van der Waals surface area contributed by atoms with Gasteiger partial charge in [-0.25, -0.2) is 13.9 Å². The van der Waals surface area contributed by atoms with Gasteiger partial charge in [-0.1, -0.05) is 142 Å². The zero-order valence-electron chi connectivity index (χ0n) is 42.2. The first kappa shape index (κ1) is 64.5. The number of esters is 2. The van der Waals surface area contributed by atoms with Crippen molar-refractivity contribution in [2.45, 2.75) is 160 Å². The van der Waals surface area contributed by atoms with Gasteiger partial charge in [-0.3, -0.25) is 23.2 Å². The molecule has 0 aromatic carbocycles. The minimum atomic E-state index is -5.46. The lowest BCUT2D eigenvalue weighted by atomic mass is 10.1. The van der Waals surface area contributed by atoms with Crippen molar-refractivity contribution in [2.24, 2.45) is 0 Å². The van der Waals surface area contributed by atoms with E-state index in [0.717, 1.165) is 81.4 Å². The molecule has 1 fully saturated rings. The molecule has 0 bridgehead atoms. The number of carbonyl (C=O) groups excluding carboxylic acids is 2. The Morgan fingerprint density at radius 3 is 1.93 bits per heavy atom. The molecule has 3 unspecified atom stereocenters. The molecule has 1 aliphatic rings. The number of nitrogen functional groups attached to an aromatic ring is 1. The molecule has 408 valence electrons. The number of ether oxygens (including phenoxy) is 3. The molecule has 0 spiro atoms. The van der Waals surface area contributed by atoms with Crippen LogP contribution < -0.4 is 11.4 Å². The van der Waals surface area contributed by atoms with E-state index in [1.165, 1.54) is 6.07 Å². The number of unbranched alkanes of at least 4 members (excludes halogenated alkanes) is 5. The smallest absolute Gasteiger partial charge is 0.462 e. The second-order valence-corrected chi connectivity index (χ2v) is 19.8. The van der Waals surface area contributed by atoms with Crippen LogP contribution in [0.1, 0.15) is 129 Å². The predicted molar refractivity (Wildman–Crippen MR) is 280 cm³/mol. The van der Waals surface area contributed by atoms with Gasteiger partial charge in [-0.05, 0) is 83.1 Å². The van der Waals surface area contributed by atoms with Crippen LogP contribution in [0.3, 0.4) is 0 Å². The van der Waals surface area contributed by atoms with Gasteiger partial charge in [-0.15, -0.1) is 0 Å². The molecule has 8 atom stereocenters.